The number of aromatic nitrogens is 1. The van der Waals surface area contributed by atoms with Gasteiger partial charge in [0.25, 0.3) is 0 Å². The molecule has 2 rings (SSSR count). The van der Waals surface area contributed by atoms with Gasteiger partial charge in [-0.05, 0) is 42.3 Å². The summed E-state index contributed by atoms with van der Waals surface area (Å²) in [6.07, 6.45) is 4.39. The first-order valence-corrected chi connectivity index (χ1v) is 5.71. The van der Waals surface area contributed by atoms with Gasteiger partial charge in [-0.25, -0.2) is 4.39 Å². The second-order valence-electron chi connectivity index (χ2n) is 3.66. The van der Waals surface area contributed by atoms with Gasteiger partial charge in [0.1, 0.15) is 5.82 Å². The molecule has 0 amide bonds. The fourth-order valence-corrected chi connectivity index (χ4v) is 1.62. The Labute approximate surface area is 104 Å². The minimum absolute atomic E-state index is 0.143. The number of hydrogen-bond acceptors (Lipinski definition) is 2. The van der Waals surface area contributed by atoms with E-state index < -0.39 is 5.82 Å². The first-order valence-electron chi connectivity index (χ1n) is 5.33. The van der Waals surface area contributed by atoms with Crippen LogP contribution in [0, 0.1) is 5.82 Å². The van der Waals surface area contributed by atoms with Crippen LogP contribution in [-0.2, 0) is 6.42 Å². The lowest BCUT2D eigenvalue weighted by molar-refractivity contribution is 0.628. The molecule has 0 fully saturated rings. The molecule has 1 aromatic carbocycles. The predicted molar refractivity (Wildman–Crippen MR) is 67.8 cm³/mol. The van der Waals surface area contributed by atoms with Crippen LogP contribution in [0.1, 0.15) is 5.56 Å². The van der Waals surface area contributed by atoms with Gasteiger partial charge < -0.3 is 5.32 Å². The standard InChI is InChI=1S/C13H12ClFN2/c14-12-2-1-11(9-13(12)15)17-8-5-10-3-6-16-7-4-10/h1-4,6-7,9,17H,5,8H2. The molecule has 0 saturated carbocycles. The van der Waals surface area contributed by atoms with Crippen LogP contribution < -0.4 is 5.32 Å². The van der Waals surface area contributed by atoms with Crippen molar-refractivity contribution in [3.8, 4) is 0 Å². The van der Waals surface area contributed by atoms with Crippen molar-refractivity contribution in [3.05, 3.63) is 59.1 Å². The van der Waals surface area contributed by atoms with Crippen molar-refractivity contribution in [2.75, 3.05) is 11.9 Å². The summed E-state index contributed by atoms with van der Waals surface area (Å²) in [4.78, 5) is 3.95. The molecule has 0 spiro atoms. The summed E-state index contributed by atoms with van der Waals surface area (Å²) >= 11 is 5.60. The van der Waals surface area contributed by atoms with Gasteiger partial charge in [0.15, 0.2) is 0 Å². The Morgan fingerprint density at radius 1 is 1.18 bits per heavy atom. The Morgan fingerprint density at radius 2 is 1.94 bits per heavy atom. The summed E-state index contributed by atoms with van der Waals surface area (Å²) in [6.45, 7) is 0.741. The van der Waals surface area contributed by atoms with E-state index in [1.807, 2.05) is 12.1 Å². The third kappa shape index (κ3) is 3.43. The lowest BCUT2D eigenvalue weighted by Crippen LogP contribution is -2.05. The van der Waals surface area contributed by atoms with Gasteiger partial charge in [-0.2, -0.15) is 0 Å². The monoisotopic (exact) mass is 250 g/mol. The van der Waals surface area contributed by atoms with Gasteiger partial charge in [0.05, 0.1) is 5.02 Å². The molecule has 0 bridgehead atoms. The summed E-state index contributed by atoms with van der Waals surface area (Å²) in [5, 5.41) is 3.29. The second-order valence-corrected chi connectivity index (χ2v) is 4.07. The lowest BCUT2D eigenvalue weighted by atomic mass is 10.2. The largest absolute Gasteiger partial charge is 0.385 e. The van der Waals surface area contributed by atoms with Crippen LogP contribution in [0.25, 0.3) is 0 Å². The zero-order valence-corrected chi connectivity index (χ0v) is 9.91. The van der Waals surface area contributed by atoms with E-state index in [0.717, 1.165) is 18.7 Å². The van der Waals surface area contributed by atoms with Crippen LogP contribution in [0.5, 0.6) is 0 Å². The minimum atomic E-state index is -0.402. The zero-order chi connectivity index (χ0) is 12.1. The molecule has 0 radical (unpaired) electrons. The van der Waals surface area contributed by atoms with E-state index >= 15 is 0 Å². The van der Waals surface area contributed by atoms with Crippen LogP contribution in [0.3, 0.4) is 0 Å². The Morgan fingerprint density at radius 3 is 2.65 bits per heavy atom. The van der Waals surface area contributed by atoms with Crippen molar-refractivity contribution in [2.45, 2.75) is 6.42 Å². The van der Waals surface area contributed by atoms with Gasteiger partial charge in [-0.1, -0.05) is 11.6 Å². The maximum Gasteiger partial charge on any atom is 0.143 e. The molecule has 17 heavy (non-hydrogen) atoms. The van der Waals surface area contributed by atoms with Crippen molar-refractivity contribution in [3.63, 3.8) is 0 Å². The number of anilines is 1. The SMILES string of the molecule is Fc1cc(NCCc2ccncc2)ccc1Cl. The van der Waals surface area contributed by atoms with E-state index in [1.54, 1.807) is 24.5 Å². The third-order valence-electron chi connectivity index (χ3n) is 2.41. The highest BCUT2D eigenvalue weighted by molar-refractivity contribution is 6.30. The van der Waals surface area contributed by atoms with Crippen molar-refractivity contribution in [1.29, 1.82) is 0 Å². The Kier molecular flexibility index (Phi) is 3.94. The fourth-order valence-electron chi connectivity index (χ4n) is 1.51. The maximum absolute atomic E-state index is 13.1. The van der Waals surface area contributed by atoms with Gasteiger partial charge in [-0.3, -0.25) is 4.98 Å². The molecular formula is C13H12ClFN2. The van der Waals surface area contributed by atoms with E-state index in [-0.39, 0.29) is 5.02 Å². The number of pyridine rings is 1. The van der Waals surface area contributed by atoms with Crippen molar-refractivity contribution < 1.29 is 4.39 Å². The summed E-state index contributed by atoms with van der Waals surface area (Å²) in [5.74, 6) is -0.402. The first kappa shape index (κ1) is 11.9. The second kappa shape index (κ2) is 5.64. The molecule has 2 aromatic rings. The number of nitrogens with zero attached hydrogens (tertiary/aromatic N) is 1. The van der Waals surface area contributed by atoms with Gasteiger partial charge in [0, 0.05) is 24.6 Å². The number of rotatable bonds is 4. The molecule has 0 atom stereocenters. The lowest BCUT2D eigenvalue weighted by Gasteiger charge is -2.06. The summed E-state index contributed by atoms with van der Waals surface area (Å²) in [7, 11) is 0. The topological polar surface area (TPSA) is 24.9 Å². The van der Waals surface area contributed by atoms with Crippen LogP contribution >= 0.6 is 11.6 Å². The highest BCUT2D eigenvalue weighted by Crippen LogP contribution is 2.18. The Bertz CT molecular complexity index is 488. The van der Waals surface area contributed by atoms with Gasteiger partial charge >= 0.3 is 0 Å². The van der Waals surface area contributed by atoms with Crippen molar-refractivity contribution in [1.82, 2.24) is 4.98 Å². The molecule has 4 heteroatoms. The first-order chi connectivity index (χ1) is 8.25. The van der Waals surface area contributed by atoms with Crippen molar-refractivity contribution in [2.24, 2.45) is 0 Å². The smallest absolute Gasteiger partial charge is 0.143 e. The van der Waals surface area contributed by atoms with Crippen molar-refractivity contribution >= 4 is 17.3 Å². The Hall–Kier alpha value is -1.61. The summed E-state index contributed by atoms with van der Waals surface area (Å²) in [5.41, 5.74) is 1.93. The molecular weight excluding hydrogens is 239 g/mol. The van der Waals surface area contributed by atoms with E-state index in [1.165, 1.54) is 11.6 Å². The molecule has 88 valence electrons. The van der Waals surface area contributed by atoms with Crippen LogP contribution in [-0.4, -0.2) is 11.5 Å². The van der Waals surface area contributed by atoms with E-state index in [4.69, 9.17) is 11.6 Å². The van der Waals surface area contributed by atoms with Gasteiger partial charge in [0.2, 0.25) is 0 Å². The van der Waals surface area contributed by atoms with E-state index in [0.29, 0.717) is 0 Å². The molecule has 1 heterocycles. The minimum Gasteiger partial charge on any atom is -0.385 e. The molecule has 0 aliphatic heterocycles. The number of benzene rings is 1. The molecule has 0 unspecified atom stereocenters. The summed E-state index contributed by atoms with van der Waals surface area (Å²) in [6, 6.07) is 8.63. The predicted octanol–water partition coefficient (Wildman–Crippen LogP) is 3.53. The molecule has 1 N–H and O–H groups in total. The third-order valence-corrected chi connectivity index (χ3v) is 2.72. The van der Waals surface area contributed by atoms with E-state index in [2.05, 4.69) is 10.3 Å². The van der Waals surface area contributed by atoms with Gasteiger partial charge in [-0.15, -0.1) is 0 Å². The van der Waals surface area contributed by atoms with Crippen LogP contribution in [0.4, 0.5) is 10.1 Å². The van der Waals surface area contributed by atoms with Crippen LogP contribution in [0.2, 0.25) is 5.02 Å². The maximum atomic E-state index is 13.1. The Balaban J connectivity index is 1.88. The molecule has 0 aliphatic rings. The number of hydrogen-bond donors (Lipinski definition) is 1. The molecule has 0 saturated heterocycles. The fraction of sp³-hybridized carbons (Fsp3) is 0.154. The summed E-state index contributed by atoms with van der Waals surface area (Å²) < 4.78 is 13.1. The van der Waals surface area contributed by atoms with E-state index in [9.17, 15) is 4.39 Å². The quantitative estimate of drug-likeness (QED) is 0.898. The highest BCUT2D eigenvalue weighted by atomic mass is 35.5. The zero-order valence-electron chi connectivity index (χ0n) is 9.16. The normalized spacial score (nSPS) is 10.2. The number of nitrogens with one attached hydrogen (secondary N) is 1. The highest BCUT2D eigenvalue weighted by Gasteiger charge is 2.00. The number of halogens is 2. The molecule has 0 aliphatic carbocycles. The van der Waals surface area contributed by atoms with Crippen LogP contribution in [0.15, 0.2) is 42.7 Å². The average molecular weight is 251 g/mol. The molecule has 2 nitrogen and oxygen atoms in total. The average Bonchev–Trinajstić information content (AvgIpc) is 2.35. The molecule has 1 aromatic heterocycles.